The summed E-state index contributed by atoms with van der Waals surface area (Å²) >= 11 is 0. The summed E-state index contributed by atoms with van der Waals surface area (Å²) in [6, 6.07) is 1.39. The molecular weight excluding hydrogens is 285 g/mol. The minimum atomic E-state index is -3.42. The van der Waals surface area contributed by atoms with E-state index in [1.165, 1.54) is 12.3 Å². The predicted molar refractivity (Wildman–Crippen MR) is 56.3 cm³/mol. The van der Waals surface area contributed by atoms with Gasteiger partial charge in [0.15, 0.2) is 0 Å². The molecule has 7 nitrogen and oxygen atoms in total. The smallest absolute Gasteiger partial charge is 0.550 e. The standard InChI is InChI=1S/C9H11N3O4S.K/c13-8(14)5-6-3-4-10-9(11-6)12-17(15,16)7-1-2-7;/h3-4,7H,1-2,5H2,(H,13,14)(H,10,11,12);/q;+1/p-1. The van der Waals surface area contributed by atoms with Gasteiger partial charge in [-0.2, -0.15) is 0 Å². The van der Waals surface area contributed by atoms with Gasteiger partial charge in [-0.15, -0.1) is 0 Å². The molecule has 9 heteroatoms. The molecule has 1 aromatic rings. The molecule has 1 N–H and O–H groups in total. The Bertz CT molecular complexity index is 544. The Hall–Kier alpha value is -0.0636. The number of carboxylic acids is 1. The van der Waals surface area contributed by atoms with Crippen LogP contribution in [0.25, 0.3) is 0 Å². The van der Waals surface area contributed by atoms with E-state index in [4.69, 9.17) is 0 Å². The molecule has 0 aliphatic heterocycles. The number of aliphatic carboxylic acids is 1. The van der Waals surface area contributed by atoms with Gasteiger partial charge in [0, 0.05) is 18.6 Å². The Morgan fingerprint density at radius 3 is 2.72 bits per heavy atom. The van der Waals surface area contributed by atoms with E-state index < -0.39 is 16.0 Å². The number of hydrogen-bond acceptors (Lipinski definition) is 6. The third-order valence-corrected chi connectivity index (χ3v) is 4.05. The van der Waals surface area contributed by atoms with Gasteiger partial charge in [-0.3, -0.25) is 4.72 Å². The quantitative estimate of drug-likeness (QED) is 0.550. The summed E-state index contributed by atoms with van der Waals surface area (Å²) in [7, 11) is -3.42. The number of aromatic nitrogens is 2. The molecule has 1 saturated carbocycles. The van der Waals surface area contributed by atoms with Crippen LogP contribution < -0.4 is 61.2 Å². The van der Waals surface area contributed by atoms with Gasteiger partial charge in [-0.05, 0) is 18.9 Å². The topological polar surface area (TPSA) is 112 Å². The van der Waals surface area contributed by atoms with Crippen molar-refractivity contribution in [2.75, 3.05) is 4.72 Å². The van der Waals surface area contributed by atoms with Crippen LogP contribution in [0.15, 0.2) is 12.3 Å². The number of sulfonamides is 1. The first-order valence-electron chi connectivity index (χ1n) is 5.01. The maximum absolute atomic E-state index is 11.6. The average molecular weight is 295 g/mol. The first-order valence-corrected chi connectivity index (χ1v) is 6.55. The fraction of sp³-hybridized carbons (Fsp3) is 0.444. The molecular formula is C9H10KN3O4S. The van der Waals surface area contributed by atoms with E-state index in [1.54, 1.807) is 0 Å². The summed E-state index contributed by atoms with van der Waals surface area (Å²) in [6.07, 6.45) is 2.19. The molecule has 92 valence electrons. The molecule has 1 heterocycles. The van der Waals surface area contributed by atoms with Gasteiger partial charge >= 0.3 is 51.4 Å². The first kappa shape index (κ1) is 16.0. The first-order chi connectivity index (χ1) is 7.97. The number of carbonyl (C=O) groups excluding carboxylic acids is 1. The second-order valence-corrected chi connectivity index (χ2v) is 5.73. The van der Waals surface area contributed by atoms with Crippen molar-refractivity contribution in [1.29, 1.82) is 0 Å². The summed E-state index contributed by atoms with van der Waals surface area (Å²) in [5.74, 6) is -1.38. The molecule has 1 fully saturated rings. The minimum absolute atomic E-state index is 0. The number of nitrogens with one attached hydrogen (secondary N) is 1. The van der Waals surface area contributed by atoms with Gasteiger partial charge in [0.25, 0.3) is 0 Å². The third-order valence-electron chi connectivity index (χ3n) is 2.24. The van der Waals surface area contributed by atoms with E-state index in [1.807, 2.05) is 0 Å². The molecule has 0 saturated heterocycles. The average Bonchev–Trinajstić information content (AvgIpc) is 2.98. The van der Waals surface area contributed by atoms with Gasteiger partial charge in [-0.25, -0.2) is 18.4 Å². The summed E-state index contributed by atoms with van der Waals surface area (Å²) in [4.78, 5) is 17.9. The van der Waals surface area contributed by atoms with Gasteiger partial charge in [0.1, 0.15) is 0 Å². The molecule has 0 amide bonds. The zero-order valence-electron chi connectivity index (χ0n) is 9.79. The fourth-order valence-electron chi connectivity index (χ4n) is 1.28. The summed E-state index contributed by atoms with van der Waals surface area (Å²) < 4.78 is 25.4. The van der Waals surface area contributed by atoms with Gasteiger partial charge < -0.3 is 9.90 Å². The van der Waals surface area contributed by atoms with Gasteiger partial charge in [0.2, 0.25) is 16.0 Å². The van der Waals surface area contributed by atoms with Crippen molar-refractivity contribution in [3.63, 3.8) is 0 Å². The van der Waals surface area contributed by atoms with Crippen molar-refractivity contribution in [2.24, 2.45) is 0 Å². The van der Waals surface area contributed by atoms with Crippen LogP contribution in [0.3, 0.4) is 0 Å². The molecule has 1 aliphatic carbocycles. The van der Waals surface area contributed by atoms with Crippen molar-refractivity contribution in [3.05, 3.63) is 18.0 Å². The number of carbonyl (C=O) groups is 1. The Labute approximate surface area is 147 Å². The predicted octanol–water partition coefficient (Wildman–Crippen LogP) is -4.32. The summed E-state index contributed by atoms with van der Waals surface area (Å²) in [5, 5.41) is 9.99. The molecule has 0 spiro atoms. The molecule has 0 unspecified atom stereocenters. The van der Waals surface area contributed by atoms with E-state index in [2.05, 4.69) is 14.7 Å². The van der Waals surface area contributed by atoms with Crippen molar-refractivity contribution >= 4 is 21.9 Å². The Balaban J connectivity index is 0.00000162. The fourth-order valence-corrected chi connectivity index (χ4v) is 2.56. The number of anilines is 1. The second-order valence-electron chi connectivity index (χ2n) is 3.77. The molecule has 18 heavy (non-hydrogen) atoms. The van der Waals surface area contributed by atoms with Crippen LogP contribution in [0.1, 0.15) is 18.5 Å². The molecule has 0 radical (unpaired) electrons. The maximum Gasteiger partial charge on any atom is 1.00 e. The van der Waals surface area contributed by atoms with E-state index in [9.17, 15) is 18.3 Å². The normalized spacial score (nSPS) is 14.7. The number of rotatable bonds is 5. The molecule has 0 bridgehead atoms. The van der Waals surface area contributed by atoms with Crippen LogP contribution in [0.2, 0.25) is 0 Å². The maximum atomic E-state index is 11.6. The molecule has 2 rings (SSSR count). The van der Waals surface area contributed by atoms with Crippen molar-refractivity contribution in [2.45, 2.75) is 24.5 Å². The van der Waals surface area contributed by atoms with Crippen molar-refractivity contribution in [1.82, 2.24) is 9.97 Å². The van der Waals surface area contributed by atoms with Crippen LogP contribution >= 0.6 is 0 Å². The van der Waals surface area contributed by atoms with Crippen molar-refractivity contribution in [3.8, 4) is 0 Å². The van der Waals surface area contributed by atoms with E-state index in [-0.39, 0.29) is 74.7 Å². The Kier molecular flexibility index (Phi) is 5.68. The van der Waals surface area contributed by atoms with Gasteiger partial charge in [0.05, 0.1) is 10.9 Å². The summed E-state index contributed by atoms with van der Waals surface area (Å²) in [6.45, 7) is 0. The van der Waals surface area contributed by atoms with Crippen LogP contribution in [0.4, 0.5) is 5.95 Å². The number of hydrogen-bond donors (Lipinski definition) is 1. The molecule has 1 aliphatic rings. The molecule has 0 atom stereocenters. The molecule has 0 aromatic carbocycles. The molecule has 1 aromatic heterocycles. The van der Waals surface area contributed by atoms with Gasteiger partial charge in [-0.1, -0.05) is 0 Å². The summed E-state index contributed by atoms with van der Waals surface area (Å²) in [5.41, 5.74) is 0.202. The van der Waals surface area contributed by atoms with E-state index in [0.29, 0.717) is 12.8 Å². The number of nitrogens with zero attached hydrogens (tertiary/aromatic N) is 2. The SMILES string of the molecule is O=C([O-])Cc1ccnc(NS(=O)(=O)C2CC2)n1.[K+]. The second kappa shape index (κ2) is 6.39. The Morgan fingerprint density at radius 2 is 2.17 bits per heavy atom. The minimum Gasteiger partial charge on any atom is -0.550 e. The van der Waals surface area contributed by atoms with E-state index in [0.717, 1.165) is 0 Å². The number of carboxylic acid groups (broad SMARTS) is 1. The van der Waals surface area contributed by atoms with Crippen LogP contribution in [-0.2, 0) is 21.2 Å². The van der Waals surface area contributed by atoms with Crippen molar-refractivity contribution < 1.29 is 69.7 Å². The monoisotopic (exact) mass is 295 g/mol. The van der Waals surface area contributed by atoms with E-state index >= 15 is 0 Å². The zero-order valence-corrected chi connectivity index (χ0v) is 13.7. The Morgan fingerprint density at radius 1 is 1.50 bits per heavy atom. The van der Waals surface area contributed by atoms with Crippen LogP contribution in [-0.4, -0.2) is 29.6 Å². The zero-order chi connectivity index (χ0) is 12.5. The third kappa shape index (κ3) is 4.56. The van der Waals surface area contributed by atoms with Crippen LogP contribution in [0.5, 0.6) is 0 Å². The van der Waals surface area contributed by atoms with Crippen LogP contribution in [0, 0.1) is 0 Å². The largest absolute Gasteiger partial charge is 1.00 e.